The quantitative estimate of drug-likeness (QED) is 0.774. The van der Waals surface area contributed by atoms with Crippen molar-refractivity contribution in [1.29, 1.82) is 0 Å². The SMILES string of the molecule is C1CCCC(CN2CCCC2C2CCCN2)CC1. The molecule has 0 amide bonds. The van der Waals surface area contributed by atoms with Crippen LogP contribution in [0, 0.1) is 5.92 Å². The normalized spacial score (nSPS) is 36.0. The van der Waals surface area contributed by atoms with Gasteiger partial charge in [-0.3, -0.25) is 4.90 Å². The summed E-state index contributed by atoms with van der Waals surface area (Å²) in [6, 6.07) is 1.69. The van der Waals surface area contributed by atoms with Crippen molar-refractivity contribution >= 4 is 0 Å². The van der Waals surface area contributed by atoms with Crippen LogP contribution >= 0.6 is 0 Å². The van der Waals surface area contributed by atoms with Crippen LogP contribution in [0.5, 0.6) is 0 Å². The second-order valence-electron chi connectivity index (χ2n) is 6.76. The van der Waals surface area contributed by atoms with Gasteiger partial charge in [0.25, 0.3) is 0 Å². The molecule has 2 aliphatic heterocycles. The van der Waals surface area contributed by atoms with E-state index in [1.165, 1.54) is 83.8 Å². The zero-order valence-electron chi connectivity index (χ0n) is 11.9. The molecular weight excluding hydrogens is 220 g/mol. The van der Waals surface area contributed by atoms with Crippen LogP contribution < -0.4 is 5.32 Å². The van der Waals surface area contributed by atoms with Gasteiger partial charge in [-0.05, 0) is 57.5 Å². The van der Waals surface area contributed by atoms with Gasteiger partial charge in [-0.25, -0.2) is 0 Å². The molecule has 0 bridgehead atoms. The predicted octanol–water partition coefficient (Wildman–Crippen LogP) is 3.17. The summed E-state index contributed by atoms with van der Waals surface area (Å²) in [5.74, 6) is 1.01. The molecule has 3 rings (SSSR count). The first-order valence-corrected chi connectivity index (χ1v) is 8.41. The lowest BCUT2D eigenvalue weighted by molar-refractivity contribution is 0.176. The average molecular weight is 250 g/mol. The van der Waals surface area contributed by atoms with E-state index in [1.54, 1.807) is 0 Å². The van der Waals surface area contributed by atoms with Gasteiger partial charge in [-0.15, -0.1) is 0 Å². The highest BCUT2D eigenvalue weighted by Gasteiger charge is 2.33. The van der Waals surface area contributed by atoms with E-state index >= 15 is 0 Å². The summed E-state index contributed by atoms with van der Waals surface area (Å²) in [6.45, 7) is 4.04. The van der Waals surface area contributed by atoms with E-state index in [2.05, 4.69) is 10.2 Å². The summed E-state index contributed by atoms with van der Waals surface area (Å²) in [5, 5.41) is 3.74. The maximum atomic E-state index is 3.74. The van der Waals surface area contributed by atoms with E-state index in [1.807, 2.05) is 0 Å². The Hall–Kier alpha value is -0.0800. The highest BCUT2D eigenvalue weighted by atomic mass is 15.2. The Morgan fingerprint density at radius 1 is 0.833 bits per heavy atom. The molecule has 3 fully saturated rings. The lowest BCUT2D eigenvalue weighted by Crippen LogP contribution is -2.45. The van der Waals surface area contributed by atoms with Crippen LogP contribution in [-0.2, 0) is 0 Å². The Kier molecular flexibility index (Phi) is 4.58. The van der Waals surface area contributed by atoms with E-state index in [4.69, 9.17) is 0 Å². The van der Waals surface area contributed by atoms with Crippen molar-refractivity contribution < 1.29 is 0 Å². The molecule has 0 aromatic heterocycles. The largest absolute Gasteiger partial charge is 0.312 e. The third-order valence-corrected chi connectivity index (χ3v) is 5.44. The molecule has 0 radical (unpaired) electrons. The lowest BCUT2D eigenvalue weighted by atomic mass is 9.98. The fraction of sp³-hybridized carbons (Fsp3) is 1.00. The zero-order valence-corrected chi connectivity index (χ0v) is 11.9. The molecule has 2 heterocycles. The Bertz CT molecular complexity index is 239. The number of rotatable bonds is 3. The summed E-state index contributed by atoms with van der Waals surface area (Å²) >= 11 is 0. The van der Waals surface area contributed by atoms with Gasteiger partial charge in [0, 0.05) is 18.6 Å². The number of nitrogens with zero attached hydrogens (tertiary/aromatic N) is 1. The molecule has 1 saturated carbocycles. The van der Waals surface area contributed by atoms with Gasteiger partial charge >= 0.3 is 0 Å². The molecule has 2 unspecified atom stereocenters. The standard InChI is InChI=1S/C16H30N2/c1-2-4-8-14(7-3-1)13-18-12-6-10-16(18)15-9-5-11-17-15/h14-17H,1-13H2. The fourth-order valence-corrected chi connectivity index (χ4v) is 4.45. The smallest absolute Gasteiger partial charge is 0.0249 e. The molecule has 3 aliphatic rings. The minimum atomic E-state index is 0.818. The minimum Gasteiger partial charge on any atom is -0.312 e. The van der Waals surface area contributed by atoms with Crippen LogP contribution in [0.25, 0.3) is 0 Å². The molecule has 2 atom stereocenters. The summed E-state index contributed by atoms with van der Waals surface area (Å²) in [5.41, 5.74) is 0. The van der Waals surface area contributed by atoms with Crippen molar-refractivity contribution in [2.45, 2.75) is 76.3 Å². The van der Waals surface area contributed by atoms with Gasteiger partial charge in [0.1, 0.15) is 0 Å². The molecule has 1 N–H and O–H groups in total. The van der Waals surface area contributed by atoms with Gasteiger partial charge in [0.15, 0.2) is 0 Å². The van der Waals surface area contributed by atoms with E-state index in [9.17, 15) is 0 Å². The van der Waals surface area contributed by atoms with Crippen molar-refractivity contribution in [2.75, 3.05) is 19.6 Å². The monoisotopic (exact) mass is 250 g/mol. The van der Waals surface area contributed by atoms with Gasteiger partial charge in [-0.1, -0.05) is 25.7 Å². The first-order chi connectivity index (χ1) is 8.93. The molecular formula is C16H30N2. The maximum absolute atomic E-state index is 3.74. The lowest BCUT2D eigenvalue weighted by Gasteiger charge is -2.32. The summed E-state index contributed by atoms with van der Waals surface area (Å²) in [6.07, 6.45) is 14.7. The van der Waals surface area contributed by atoms with Crippen molar-refractivity contribution in [1.82, 2.24) is 10.2 Å². The molecule has 18 heavy (non-hydrogen) atoms. The molecule has 2 heteroatoms. The maximum Gasteiger partial charge on any atom is 0.0249 e. The Labute approximate surface area is 113 Å². The second-order valence-corrected chi connectivity index (χ2v) is 6.76. The van der Waals surface area contributed by atoms with Gasteiger partial charge in [0.05, 0.1) is 0 Å². The van der Waals surface area contributed by atoms with Crippen molar-refractivity contribution in [3.05, 3.63) is 0 Å². The zero-order chi connectivity index (χ0) is 12.2. The van der Waals surface area contributed by atoms with E-state index < -0.39 is 0 Å². The highest BCUT2D eigenvalue weighted by Crippen LogP contribution is 2.29. The Morgan fingerprint density at radius 3 is 2.39 bits per heavy atom. The number of hydrogen-bond donors (Lipinski definition) is 1. The van der Waals surface area contributed by atoms with Crippen molar-refractivity contribution in [3.8, 4) is 0 Å². The summed E-state index contributed by atoms with van der Waals surface area (Å²) in [4.78, 5) is 2.85. The highest BCUT2D eigenvalue weighted by molar-refractivity contribution is 4.92. The van der Waals surface area contributed by atoms with Crippen LogP contribution in [0.15, 0.2) is 0 Å². The van der Waals surface area contributed by atoms with Crippen LogP contribution in [0.4, 0.5) is 0 Å². The summed E-state index contributed by atoms with van der Waals surface area (Å²) in [7, 11) is 0. The van der Waals surface area contributed by atoms with Gasteiger partial charge in [0.2, 0.25) is 0 Å². The third kappa shape index (κ3) is 3.08. The van der Waals surface area contributed by atoms with Crippen molar-refractivity contribution in [2.24, 2.45) is 5.92 Å². The van der Waals surface area contributed by atoms with Crippen LogP contribution in [0.2, 0.25) is 0 Å². The molecule has 0 aromatic carbocycles. The predicted molar refractivity (Wildman–Crippen MR) is 76.8 cm³/mol. The molecule has 2 saturated heterocycles. The van der Waals surface area contributed by atoms with Gasteiger partial charge < -0.3 is 5.32 Å². The fourth-order valence-electron chi connectivity index (χ4n) is 4.45. The molecule has 0 aromatic rings. The summed E-state index contributed by atoms with van der Waals surface area (Å²) < 4.78 is 0. The molecule has 1 aliphatic carbocycles. The Balaban J connectivity index is 1.53. The third-order valence-electron chi connectivity index (χ3n) is 5.44. The topological polar surface area (TPSA) is 15.3 Å². The van der Waals surface area contributed by atoms with Crippen LogP contribution in [0.3, 0.4) is 0 Å². The number of likely N-dealkylation sites (tertiary alicyclic amines) is 1. The minimum absolute atomic E-state index is 0.818. The van der Waals surface area contributed by atoms with E-state index in [0.29, 0.717) is 0 Å². The molecule has 2 nitrogen and oxygen atoms in total. The molecule has 0 spiro atoms. The number of hydrogen-bond acceptors (Lipinski definition) is 2. The van der Waals surface area contributed by atoms with Crippen molar-refractivity contribution in [3.63, 3.8) is 0 Å². The first kappa shape index (κ1) is 12.9. The van der Waals surface area contributed by atoms with E-state index in [0.717, 1.165) is 18.0 Å². The van der Waals surface area contributed by atoms with Crippen LogP contribution in [0.1, 0.15) is 64.2 Å². The van der Waals surface area contributed by atoms with Crippen LogP contribution in [-0.4, -0.2) is 36.6 Å². The van der Waals surface area contributed by atoms with E-state index in [-0.39, 0.29) is 0 Å². The number of nitrogens with one attached hydrogen (secondary N) is 1. The Morgan fingerprint density at radius 2 is 1.67 bits per heavy atom. The van der Waals surface area contributed by atoms with Gasteiger partial charge in [-0.2, -0.15) is 0 Å². The molecule has 104 valence electrons. The second kappa shape index (κ2) is 6.38. The first-order valence-electron chi connectivity index (χ1n) is 8.41. The average Bonchev–Trinajstić information content (AvgIpc) is 2.97.